The van der Waals surface area contributed by atoms with Gasteiger partial charge in [0, 0.05) is 19.8 Å². The first-order valence-corrected chi connectivity index (χ1v) is 5.80. The van der Waals surface area contributed by atoms with Gasteiger partial charge < -0.3 is 15.2 Å². The third-order valence-electron chi connectivity index (χ3n) is 2.35. The number of aromatic hydroxyl groups is 1. The summed E-state index contributed by atoms with van der Waals surface area (Å²) in [5, 5.41) is 12.3. The lowest BCUT2D eigenvalue weighted by molar-refractivity contribution is 0.0941. The molecule has 0 radical (unpaired) electrons. The zero-order valence-electron chi connectivity index (χ0n) is 10.3. The molecule has 0 atom stereocenters. The highest BCUT2D eigenvalue weighted by molar-refractivity contribution is 5.96. The van der Waals surface area contributed by atoms with Crippen LogP contribution in [0.3, 0.4) is 0 Å². The van der Waals surface area contributed by atoms with Crippen molar-refractivity contribution in [1.29, 1.82) is 0 Å². The van der Waals surface area contributed by atoms with E-state index in [4.69, 9.17) is 4.74 Å². The first-order valence-electron chi connectivity index (χ1n) is 5.80. The highest BCUT2D eigenvalue weighted by Gasteiger charge is 2.10. The van der Waals surface area contributed by atoms with E-state index >= 15 is 0 Å². The molecule has 0 saturated heterocycles. The van der Waals surface area contributed by atoms with Crippen molar-refractivity contribution < 1.29 is 14.6 Å². The number of ether oxygens (including phenoxy) is 1. The van der Waals surface area contributed by atoms with E-state index in [-0.39, 0.29) is 11.7 Å². The van der Waals surface area contributed by atoms with Crippen molar-refractivity contribution in [3.63, 3.8) is 0 Å². The highest BCUT2D eigenvalue weighted by atomic mass is 16.5. The largest absolute Gasteiger partial charge is 0.507 e. The Hall–Kier alpha value is -1.55. The zero-order chi connectivity index (χ0) is 12.7. The summed E-state index contributed by atoms with van der Waals surface area (Å²) < 4.78 is 5.16. The van der Waals surface area contributed by atoms with Crippen molar-refractivity contribution in [3.8, 4) is 5.75 Å². The second kappa shape index (κ2) is 6.91. The number of rotatable bonds is 6. The standard InChI is InChI=1S/C13H19NO3/c1-3-17-8-4-7-14-13(16)11-9-10(2)5-6-12(11)15/h5-6,9,15H,3-4,7-8H2,1-2H3,(H,14,16). The fourth-order valence-electron chi connectivity index (χ4n) is 1.45. The minimum absolute atomic E-state index is 0.0120. The first kappa shape index (κ1) is 13.5. The second-order valence-electron chi connectivity index (χ2n) is 3.83. The van der Waals surface area contributed by atoms with Crippen LogP contribution in [0.4, 0.5) is 0 Å². The van der Waals surface area contributed by atoms with Gasteiger partial charge in [0.15, 0.2) is 0 Å². The van der Waals surface area contributed by atoms with Gasteiger partial charge in [-0.25, -0.2) is 0 Å². The Balaban J connectivity index is 2.44. The van der Waals surface area contributed by atoms with Gasteiger partial charge in [0.05, 0.1) is 5.56 Å². The molecule has 0 unspecified atom stereocenters. The molecular formula is C13H19NO3. The quantitative estimate of drug-likeness (QED) is 0.742. The molecular weight excluding hydrogens is 218 g/mol. The zero-order valence-corrected chi connectivity index (χ0v) is 10.3. The summed E-state index contributed by atoms with van der Waals surface area (Å²) in [4.78, 5) is 11.7. The predicted molar refractivity (Wildman–Crippen MR) is 66.3 cm³/mol. The number of benzene rings is 1. The van der Waals surface area contributed by atoms with Crippen LogP contribution in [0.5, 0.6) is 5.75 Å². The van der Waals surface area contributed by atoms with Crippen molar-refractivity contribution >= 4 is 5.91 Å². The van der Waals surface area contributed by atoms with Crippen molar-refractivity contribution in [3.05, 3.63) is 29.3 Å². The summed E-state index contributed by atoms with van der Waals surface area (Å²) in [6.45, 7) is 5.68. The molecule has 0 aliphatic carbocycles. The molecule has 0 spiro atoms. The van der Waals surface area contributed by atoms with Gasteiger partial charge in [-0.15, -0.1) is 0 Å². The molecule has 0 aromatic heterocycles. The number of phenols is 1. The lowest BCUT2D eigenvalue weighted by Gasteiger charge is -2.07. The molecule has 2 N–H and O–H groups in total. The molecule has 0 heterocycles. The van der Waals surface area contributed by atoms with E-state index in [0.29, 0.717) is 25.3 Å². The van der Waals surface area contributed by atoms with Crippen molar-refractivity contribution in [1.82, 2.24) is 5.32 Å². The van der Waals surface area contributed by atoms with Crippen LogP contribution in [-0.4, -0.2) is 30.8 Å². The minimum atomic E-state index is -0.248. The lowest BCUT2D eigenvalue weighted by atomic mass is 10.1. The number of amides is 1. The van der Waals surface area contributed by atoms with E-state index in [1.807, 2.05) is 13.8 Å². The number of carbonyl (C=O) groups excluding carboxylic acids is 1. The van der Waals surface area contributed by atoms with E-state index in [1.165, 1.54) is 6.07 Å². The Morgan fingerprint density at radius 2 is 2.24 bits per heavy atom. The molecule has 4 nitrogen and oxygen atoms in total. The smallest absolute Gasteiger partial charge is 0.255 e. The number of aryl methyl sites for hydroxylation is 1. The maximum Gasteiger partial charge on any atom is 0.255 e. The van der Waals surface area contributed by atoms with Gasteiger partial charge in [-0.05, 0) is 32.4 Å². The van der Waals surface area contributed by atoms with Crippen LogP contribution in [0.2, 0.25) is 0 Å². The second-order valence-corrected chi connectivity index (χ2v) is 3.83. The first-order chi connectivity index (χ1) is 8.15. The van der Waals surface area contributed by atoms with Crippen molar-refractivity contribution in [2.45, 2.75) is 20.3 Å². The van der Waals surface area contributed by atoms with Crippen LogP contribution in [0.1, 0.15) is 29.3 Å². The van der Waals surface area contributed by atoms with Gasteiger partial charge in [0.1, 0.15) is 5.75 Å². The van der Waals surface area contributed by atoms with Gasteiger partial charge in [-0.1, -0.05) is 11.6 Å². The molecule has 1 aromatic rings. The predicted octanol–water partition coefficient (Wildman–Crippen LogP) is 1.86. The van der Waals surface area contributed by atoms with Crippen LogP contribution in [0.25, 0.3) is 0 Å². The van der Waals surface area contributed by atoms with Gasteiger partial charge in [-0.2, -0.15) is 0 Å². The van der Waals surface area contributed by atoms with Crippen LogP contribution >= 0.6 is 0 Å². The van der Waals surface area contributed by atoms with E-state index in [1.54, 1.807) is 12.1 Å². The van der Waals surface area contributed by atoms with Gasteiger partial charge in [0.25, 0.3) is 5.91 Å². The summed E-state index contributed by atoms with van der Waals surface area (Å²) >= 11 is 0. The molecule has 17 heavy (non-hydrogen) atoms. The Morgan fingerprint density at radius 1 is 1.47 bits per heavy atom. The number of nitrogens with one attached hydrogen (secondary N) is 1. The maximum absolute atomic E-state index is 11.7. The molecule has 1 amide bonds. The lowest BCUT2D eigenvalue weighted by Crippen LogP contribution is -2.25. The molecule has 4 heteroatoms. The number of phenolic OH excluding ortho intramolecular Hbond substituents is 1. The molecule has 0 bridgehead atoms. The van der Waals surface area contributed by atoms with Crippen LogP contribution in [0.15, 0.2) is 18.2 Å². The van der Waals surface area contributed by atoms with Gasteiger partial charge >= 0.3 is 0 Å². The van der Waals surface area contributed by atoms with Crippen molar-refractivity contribution in [2.24, 2.45) is 0 Å². The number of hydrogen-bond acceptors (Lipinski definition) is 3. The highest BCUT2D eigenvalue weighted by Crippen LogP contribution is 2.17. The summed E-state index contributed by atoms with van der Waals surface area (Å²) in [7, 11) is 0. The molecule has 0 aliphatic heterocycles. The molecule has 1 aromatic carbocycles. The third-order valence-corrected chi connectivity index (χ3v) is 2.35. The molecule has 94 valence electrons. The van der Waals surface area contributed by atoms with Crippen LogP contribution in [0, 0.1) is 6.92 Å². The van der Waals surface area contributed by atoms with Crippen LogP contribution in [-0.2, 0) is 4.74 Å². The van der Waals surface area contributed by atoms with Gasteiger partial charge in [0.2, 0.25) is 0 Å². The Kier molecular flexibility index (Phi) is 5.49. The normalized spacial score (nSPS) is 10.2. The van der Waals surface area contributed by atoms with E-state index in [0.717, 1.165) is 12.0 Å². The molecule has 0 aliphatic rings. The minimum Gasteiger partial charge on any atom is -0.507 e. The monoisotopic (exact) mass is 237 g/mol. The summed E-state index contributed by atoms with van der Waals surface area (Å²) in [5.41, 5.74) is 1.27. The Morgan fingerprint density at radius 3 is 2.94 bits per heavy atom. The Labute approximate surface area is 102 Å². The summed E-state index contributed by atoms with van der Waals surface area (Å²) in [5.74, 6) is -0.236. The maximum atomic E-state index is 11.7. The number of carbonyl (C=O) groups is 1. The van der Waals surface area contributed by atoms with E-state index in [2.05, 4.69) is 5.32 Å². The van der Waals surface area contributed by atoms with Crippen molar-refractivity contribution in [2.75, 3.05) is 19.8 Å². The number of hydrogen-bond donors (Lipinski definition) is 2. The van der Waals surface area contributed by atoms with E-state index in [9.17, 15) is 9.90 Å². The average Bonchev–Trinajstić information content (AvgIpc) is 2.32. The topological polar surface area (TPSA) is 58.6 Å². The third kappa shape index (κ3) is 4.44. The summed E-state index contributed by atoms with van der Waals surface area (Å²) in [6, 6.07) is 4.97. The fourth-order valence-corrected chi connectivity index (χ4v) is 1.45. The fraction of sp³-hybridized carbons (Fsp3) is 0.462. The Bertz CT molecular complexity index is 377. The SMILES string of the molecule is CCOCCCNC(=O)c1cc(C)ccc1O. The molecule has 0 fully saturated rings. The van der Waals surface area contributed by atoms with Crippen LogP contribution < -0.4 is 5.32 Å². The average molecular weight is 237 g/mol. The molecule has 0 saturated carbocycles. The van der Waals surface area contributed by atoms with E-state index < -0.39 is 0 Å². The van der Waals surface area contributed by atoms with Gasteiger partial charge in [-0.3, -0.25) is 4.79 Å². The molecule has 1 rings (SSSR count). The summed E-state index contributed by atoms with van der Waals surface area (Å²) in [6.07, 6.45) is 0.770.